The van der Waals surface area contributed by atoms with Crippen LogP contribution in [-0.4, -0.2) is 28.2 Å². The average Bonchev–Trinajstić information content (AvgIpc) is 3.07. The molecular formula is C23H29F2N3O3. The third-order valence-electron chi connectivity index (χ3n) is 6.16. The number of rotatable bonds is 5. The molecule has 2 aromatic rings. The summed E-state index contributed by atoms with van der Waals surface area (Å²) in [4.78, 5) is 25.6. The molecular weight excluding hydrogens is 404 g/mol. The summed E-state index contributed by atoms with van der Waals surface area (Å²) < 4.78 is 34.1. The van der Waals surface area contributed by atoms with E-state index in [1.54, 1.807) is 6.92 Å². The standard InChI is InChI=1S/C23H29F2N3O3/c1-12(19(21(26)29)23(3,4)5)13(2)22(30)28-18-8-9-31-11-15(18)20(27-28)14-6-7-16(24)17(25)10-14/h6-7,10,12-13,19H,8-9,11H2,1-5H3,(H2,26,29). The first kappa shape index (κ1) is 23.1. The zero-order valence-electron chi connectivity index (χ0n) is 18.5. The maximum atomic E-state index is 13.8. The Morgan fingerprint density at radius 3 is 2.45 bits per heavy atom. The smallest absolute Gasteiger partial charge is 0.250 e. The van der Waals surface area contributed by atoms with Crippen LogP contribution in [-0.2, 0) is 22.6 Å². The monoisotopic (exact) mass is 433 g/mol. The third kappa shape index (κ3) is 4.39. The van der Waals surface area contributed by atoms with Gasteiger partial charge in [-0.2, -0.15) is 5.10 Å². The fraction of sp³-hybridized carbons (Fsp3) is 0.522. The van der Waals surface area contributed by atoms with Crippen LogP contribution in [0.5, 0.6) is 0 Å². The van der Waals surface area contributed by atoms with Crippen molar-refractivity contribution in [2.45, 2.75) is 47.6 Å². The number of benzene rings is 1. The molecule has 1 aliphatic heterocycles. The van der Waals surface area contributed by atoms with Crippen LogP contribution in [0.1, 0.15) is 50.7 Å². The highest BCUT2D eigenvalue weighted by Gasteiger charge is 2.40. The number of halogens is 2. The summed E-state index contributed by atoms with van der Waals surface area (Å²) in [5.41, 5.74) is 7.40. The Balaban J connectivity index is 2.02. The molecule has 0 fully saturated rings. The number of carbonyl (C=O) groups excluding carboxylic acids is 2. The number of primary amides is 1. The van der Waals surface area contributed by atoms with Crippen molar-refractivity contribution in [3.05, 3.63) is 41.1 Å². The van der Waals surface area contributed by atoms with Crippen LogP contribution in [0.15, 0.2) is 18.2 Å². The van der Waals surface area contributed by atoms with Gasteiger partial charge in [0.1, 0.15) is 0 Å². The lowest BCUT2D eigenvalue weighted by Crippen LogP contribution is -2.43. The molecule has 3 atom stereocenters. The number of nitrogens with zero attached hydrogens (tertiary/aromatic N) is 2. The Bertz CT molecular complexity index is 1010. The zero-order chi connectivity index (χ0) is 23.1. The van der Waals surface area contributed by atoms with Gasteiger partial charge in [0, 0.05) is 29.4 Å². The molecule has 6 nitrogen and oxygen atoms in total. The first-order valence-corrected chi connectivity index (χ1v) is 10.4. The van der Waals surface area contributed by atoms with E-state index in [0.29, 0.717) is 35.5 Å². The largest absolute Gasteiger partial charge is 0.376 e. The Morgan fingerprint density at radius 2 is 1.87 bits per heavy atom. The van der Waals surface area contributed by atoms with Gasteiger partial charge in [-0.1, -0.05) is 34.6 Å². The third-order valence-corrected chi connectivity index (χ3v) is 6.16. The maximum absolute atomic E-state index is 13.8. The van der Waals surface area contributed by atoms with Crippen molar-refractivity contribution in [1.82, 2.24) is 9.78 Å². The van der Waals surface area contributed by atoms with Crippen molar-refractivity contribution in [2.24, 2.45) is 28.9 Å². The Hall–Kier alpha value is -2.61. The van der Waals surface area contributed by atoms with E-state index in [9.17, 15) is 18.4 Å². The second-order valence-corrected chi connectivity index (χ2v) is 9.35. The zero-order valence-corrected chi connectivity index (χ0v) is 18.5. The fourth-order valence-corrected chi connectivity index (χ4v) is 4.48. The minimum absolute atomic E-state index is 0.229. The van der Waals surface area contributed by atoms with E-state index in [0.717, 1.165) is 12.1 Å². The van der Waals surface area contributed by atoms with E-state index >= 15 is 0 Å². The molecule has 1 amide bonds. The molecule has 2 N–H and O–H groups in total. The van der Waals surface area contributed by atoms with Crippen LogP contribution in [0.3, 0.4) is 0 Å². The molecule has 0 saturated heterocycles. The number of carbonyl (C=O) groups is 2. The highest BCUT2D eigenvalue weighted by atomic mass is 19.2. The topological polar surface area (TPSA) is 87.2 Å². The van der Waals surface area contributed by atoms with Crippen LogP contribution in [0, 0.1) is 34.8 Å². The maximum Gasteiger partial charge on any atom is 0.250 e. The molecule has 1 aromatic heterocycles. The van der Waals surface area contributed by atoms with Crippen molar-refractivity contribution in [2.75, 3.05) is 6.61 Å². The summed E-state index contributed by atoms with van der Waals surface area (Å²) >= 11 is 0. The Kier molecular flexibility index (Phi) is 6.32. The first-order valence-electron chi connectivity index (χ1n) is 10.4. The number of hydrogen-bond donors (Lipinski definition) is 1. The second kappa shape index (κ2) is 8.49. The summed E-state index contributed by atoms with van der Waals surface area (Å²) in [6, 6.07) is 3.53. The molecule has 0 radical (unpaired) electrons. The van der Waals surface area contributed by atoms with Gasteiger partial charge >= 0.3 is 0 Å². The van der Waals surface area contributed by atoms with Crippen LogP contribution >= 0.6 is 0 Å². The van der Waals surface area contributed by atoms with Crippen LogP contribution < -0.4 is 5.73 Å². The molecule has 0 saturated carbocycles. The number of nitrogens with two attached hydrogens (primary N) is 1. The lowest BCUT2D eigenvalue weighted by atomic mass is 9.69. The van der Waals surface area contributed by atoms with E-state index in [-0.39, 0.29) is 18.4 Å². The van der Waals surface area contributed by atoms with E-state index in [4.69, 9.17) is 10.5 Å². The first-order chi connectivity index (χ1) is 14.4. The van der Waals surface area contributed by atoms with Gasteiger partial charge in [0.25, 0.3) is 0 Å². The predicted octanol–water partition coefficient (Wildman–Crippen LogP) is 3.96. The number of hydrogen-bond acceptors (Lipinski definition) is 4. The molecule has 1 aliphatic rings. The minimum Gasteiger partial charge on any atom is -0.376 e. The molecule has 0 aliphatic carbocycles. The highest BCUT2D eigenvalue weighted by Crippen LogP contribution is 2.37. The van der Waals surface area contributed by atoms with Crippen molar-refractivity contribution < 1.29 is 23.1 Å². The summed E-state index contributed by atoms with van der Waals surface area (Å²) in [5.74, 6) is -4.02. The quantitative estimate of drug-likeness (QED) is 0.773. The van der Waals surface area contributed by atoms with Crippen molar-refractivity contribution >= 4 is 11.8 Å². The van der Waals surface area contributed by atoms with Crippen LogP contribution in [0.25, 0.3) is 11.3 Å². The van der Waals surface area contributed by atoms with Gasteiger partial charge in [-0.25, -0.2) is 13.5 Å². The number of fused-ring (bicyclic) bond motifs is 1. The number of aromatic nitrogens is 2. The molecule has 0 spiro atoms. The van der Waals surface area contributed by atoms with Crippen molar-refractivity contribution in [3.8, 4) is 11.3 Å². The van der Waals surface area contributed by atoms with E-state index in [1.165, 1.54) is 10.7 Å². The molecule has 1 aromatic carbocycles. The van der Waals surface area contributed by atoms with E-state index in [1.807, 2.05) is 27.7 Å². The summed E-state index contributed by atoms with van der Waals surface area (Å²) in [6.07, 6.45) is 0.470. The second-order valence-electron chi connectivity index (χ2n) is 9.35. The fourth-order valence-electron chi connectivity index (χ4n) is 4.48. The summed E-state index contributed by atoms with van der Waals surface area (Å²) in [6.45, 7) is 10.0. The molecule has 2 heterocycles. The SMILES string of the molecule is CC(C(=O)n1nc(-c2ccc(F)c(F)c2)c2c1CCOC2)C(C)C(C(N)=O)C(C)(C)C. The summed E-state index contributed by atoms with van der Waals surface area (Å²) in [7, 11) is 0. The minimum atomic E-state index is -0.986. The molecule has 168 valence electrons. The Labute approximate surface area is 180 Å². The van der Waals surface area contributed by atoms with Gasteiger partial charge < -0.3 is 10.5 Å². The molecule has 31 heavy (non-hydrogen) atoms. The molecule has 8 heteroatoms. The van der Waals surface area contributed by atoms with Crippen molar-refractivity contribution in [1.29, 1.82) is 0 Å². The van der Waals surface area contributed by atoms with Gasteiger partial charge in [0.2, 0.25) is 11.8 Å². The van der Waals surface area contributed by atoms with Gasteiger partial charge in [0.05, 0.1) is 24.6 Å². The molecule has 3 unspecified atom stereocenters. The summed E-state index contributed by atoms with van der Waals surface area (Å²) in [5, 5.41) is 4.48. The lowest BCUT2D eigenvalue weighted by Gasteiger charge is -2.35. The van der Waals surface area contributed by atoms with Gasteiger partial charge in [-0.3, -0.25) is 9.59 Å². The van der Waals surface area contributed by atoms with Gasteiger partial charge in [-0.15, -0.1) is 0 Å². The molecule has 0 bridgehead atoms. The lowest BCUT2D eigenvalue weighted by molar-refractivity contribution is -0.127. The highest BCUT2D eigenvalue weighted by molar-refractivity contribution is 5.84. The van der Waals surface area contributed by atoms with Crippen LogP contribution in [0.2, 0.25) is 0 Å². The normalized spacial score (nSPS) is 17.0. The number of amides is 1. The van der Waals surface area contributed by atoms with Gasteiger partial charge in [0.15, 0.2) is 11.6 Å². The van der Waals surface area contributed by atoms with E-state index < -0.39 is 34.8 Å². The van der Waals surface area contributed by atoms with Crippen molar-refractivity contribution in [3.63, 3.8) is 0 Å². The van der Waals surface area contributed by atoms with E-state index in [2.05, 4.69) is 5.10 Å². The Morgan fingerprint density at radius 1 is 1.19 bits per heavy atom. The predicted molar refractivity (Wildman–Crippen MR) is 112 cm³/mol. The molecule has 3 rings (SSSR count). The van der Waals surface area contributed by atoms with Crippen LogP contribution in [0.4, 0.5) is 8.78 Å². The average molecular weight is 433 g/mol. The van der Waals surface area contributed by atoms with Gasteiger partial charge in [-0.05, 0) is 29.5 Å². The number of ether oxygens (including phenoxy) is 1.